The Morgan fingerprint density at radius 2 is 1.85 bits per heavy atom. The van der Waals surface area contributed by atoms with Gasteiger partial charge in [-0.2, -0.15) is 0 Å². The second-order valence-corrected chi connectivity index (χ2v) is 5.66. The van der Waals surface area contributed by atoms with Crippen molar-refractivity contribution in [3.63, 3.8) is 0 Å². The molecule has 0 fully saturated rings. The highest BCUT2D eigenvalue weighted by atomic mass is 79.9. The van der Waals surface area contributed by atoms with E-state index in [1.54, 1.807) is 0 Å². The Morgan fingerprint density at radius 3 is 2.50 bits per heavy atom. The molecule has 0 aromatic heterocycles. The normalized spacial score (nSPS) is 10.3. The molecule has 0 spiro atoms. The van der Waals surface area contributed by atoms with Crippen LogP contribution in [-0.4, -0.2) is 6.61 Å². The first kappa shape index (κ1) is 14.9. The molecule has 0 radical (unpaired) electrons. The first-order chi connectivity index (χ1) is 9.69. The highest BCUT2D eigenvalue weighted by Crippen LogP contribution is 2.19. The first-order valence-electron chi connectivity index (χ1n) is 6.91. The number of hydrogen-bond acceptors (Lipinski definition) is 2. The molecule has 3 heteroatoms. The van der Waals surface area contributed by atoms with Crippen molar-refractivity contribution in [1.82, 2.24) is 0 Å². The smallest absolute Gasteiger partial charge is 0.119 e. The third kappa shape index (κ3) is 4.27. The van der Waals surface area contributed by atoms with Gasteiger partial charge in [-0.25, -0.2) is 0 Å². The number of benzene rings is 2. The van der Waals surface area contributed by atoms with Crippen LogP contribution >= 0.6 is 15.9 Å². The molecular formula is C17H20BrNO. The summed E-state index contributed by atoms with van der Waals surface area (Å²) in [6, 6.07) is 14.5. The van der Waals surface area contributed by atoms with E-state index in [1.807, 2.05) is 12.1 Å². The molecule has 2 aromatic rings. The van der Waals surface area contributed by atoms with Gasteiger partial charge < -0.3 is 10.1 Å². The van der Waals surface area contributed by atoms with Crippen molar-refractivity contribution < 1.29 is 4.74 Å². The topological polar surface area (TPSA) is 21.3 Å². The summed E-state index contributed by atoms with van der Waals surface area (Å²) in [5, 5.41) is 3.42. The van der Waals surface area contributed by atoms with Crippen molar-refractivity contribution in [2.45, 2.75) is 26.8 Å². The van der Waals surface area contributed by atoms with Gasteiger partial charge in [-0.3, -0.25) is 0 Å². The Morgan fingerprint density at radius 1 is 1.10 bits per heavy atom. The van der Waals surface area contributed by atoms with E-state index in [2.05, 4.69) is 65.4 Å². The number of halogens is 1. The van der Waals surface area contributed by atoms with E-state index in [4.69, 9.17) is 4.74 Å². The van der Waals surface area contributed by atoms with Gasteiger partial charge in [0.25, 0.3) is 0 Å². The summed E-state index contributed by atoms with van der Waals surface area (Å²) in [5.41, 5.74) is 3.64. The second kappa shape index (κ2) is 7.34. The quantitative estimate of drug-likeness (QED) is 0.788. The van der Waals surface area contributed by atoms with Crippen molar-refractivity contribution >= 4 is 21.6 Å². The lowest BCUT2D eigenvalue weighted by molar-refractivity contribution is 0.317. The zero-order chi connectivity index (χ0) is 14.4. The minimum atomic E-state index is 0.769. The molecule has 2 nitrogen and oxygen atoms in total. The highest BCUT2D eigenvalue weighted by molar-refractivity contribution is 9.10. The Hall–Kier alpha value is -1.48. The molecule has 20 heavy (non-hydrogen) atoms. The molecule has 2 aromatic carbocycles. The average molecular weight is 334 g/mol. The Balaban J connectivity index is 1.91. The molecule has 0 saturated carbocycles. The molecule has 0 aliphatic carbocycles. The zero-order valence-electron chi connectivity index (χ0n) is 11.9. The van der Waals surface area contributed by atoms with Crippen LogP contribution in [0.3, 0.4) is 0 Å². The number of aryl methyl sites for hydroxylation is 1. The number of ether oxygens (including phenoxy) is 1. The van der Waals surface area contributed by atoms with Crippen molar-refractivity contribution in [2.75, 3.05) is 11.9 Å². The molecule has 0 saturated heterocycles. The van der Waals surface area contributed by atoms with Gasteiger partial charge in [-0.15, -0.1) is 0 Å². The van der Waals surface area contributed by atoms with Crippen LogP contribution in [0.1, 0.15) is 24.5 Å². The summed E-state index contributed by atoms with van der Waals surface area (Å²) in [7, 11) is 0. The molecule has 0 aliphatic heterocycles. The minimum absolute atomic E-state index is 0.769. The Bertz CT molecular complexity index is 551. The lowest BCUT2D eigenvalue weighted by Crippen LogP contribution is -2.00. The molecule has 2 rings (SSSR count). The Labute approximate surface area is 129 Å². The van der Waals surface area contributed by atoms with Crippen LogP contribution in [0.5, 0.6) is 5.75 Å². The number of hydrogen-bond donors (Lipinski definition) is 1. The number of anilines is 1. The van der Waals surface area contributed by atoms with Crippen molar-refractivity contribution in [3.8, 4) is 5.75 Å². The molecule has 0 atom stereocenters. The van der Waals surface area contributed by atoms with E-state index < -0.39 is 0 Å². The predicted molar refractivity (Wildman–Crippen MR) is 88.4 cm³/mol. The van der Waals surface area contributed by atoms with Crippen LogP contribution in [0, 0.1) is 6.92 Å². The molecule has 1 N–H and O–H groups in total. The standard InChI is InChI=1S/C17H20BrNO/c1-3-10-20-16-7-5-15(6-8-16)19-12-14-4-9-17(18)13(2)11-14/h4-9,11,19H,3,10,12H2,1-2H3. The van der Waals surface area contributed by atoms with E-state index in [9.17, 15) is 0 Å². The molecule has 106 valence electrons. The third-order valence-electron chi connectivity index (χ3n) is 3.05. The zero-order valence-corrected chi connectivity index (χ0v) is 13.5. The molecule has 0 aliphatic rings. The monoisotopic (exact) mass is 333 g/mol. The summed E-state index contributed by atoms with van der Waals surface area (Å²) < 4.78 is 6.72. The molecular weight excluding hydrogens is 314 g/mol. The summed E-state index contributed by atoms with van der Waals surface area (Å²) in [6.45, 7) is 5.80. The van der Waals surface area contributed by atoms with E-state index in [0.717, 1.165) is 35.5 Å². The summed E-state index contributed by atoms with van der Waals surface area (Å²) in [4.78, 5) is 0. The largest absolute Gasteiger partial charge is 0.494 e. The van der Waals surface area contributed by atoms with Gasteiger partial charge in [0.2, 0.25) is 0 Å². The van der Waals surface area contributed by atoms with E-state index >= 15 is 0 Å². The fourth-order valence-corrected chi connectivity index (χ4v) is 2.16. The van der Waals surface area contributed by atoms with Crippen LogP contribution in [0.4, 0.5) is 5.69 Å². The maximum absolute atomic E-state index is 5.57. The predicted octanol–water partition coefficient (Wildman–Crippen LogP) is 5.16. The fraction of sp³-hybridized carbons (Fsp3) is 0.294. The van der Waals surface area contributed by atoms with Gasteiger partial charge in [0.1, 0.15) is 5.75 Å². The highest BCUT2D eigenvalue weighted by Gasteiger charge is 1.99. The Kier molecular flexibility index (Phi) is 5.48. The van der Waals surface area contributed by atoms with Crippen molar-refractivity contribution in [2.24, 2.45) is 0 Å². The number of nitrogens with one attached hydrogen (secondary N) is 1. The molecule has 0 amide bonds. The van der Waals surface area contributed by atoms with Gasteiger partial charge in [-0.05, 0) is 54.8 Å². The van der Waals surface area contributed by atoms with Gasteiger partial charge >= 0.3 is 0 Å². The van der Waals surface area contributed by atoms with Crippen LogP contribution < -0.4 is 10.1 Å². The molecule has 0 bridgehead atoms. The first-order valence-corrected chi connectivity index (χ1v) is 7.70. The summed E-state index contributed by atoms with van der Waals surface area (Å²) in [5.74, 6) is 0.928. The minimum Gasteiger partial charge on any atom is -0.494 e. The van der Waals surface area contributed by atoms with E-state index in [-0.39, 0.29) is 0 Å². The van der Waals surface area contributed by atoms with Gasteiger partial charge in [0.05, 0.1) is 6.61 Å². The van der Waals surface area contributed by atoms with Crippen LogP contribution in [0.2, 0.25) is 0 Å². The van der Waals surface area contributed by atoms with Crippen LogP contribution in [0.15, 0.2) is 46.9 Å². The van der Waals surface area contributed by atoms with E-state index in [1.165, 1.54) is 11.1 Å². The maximum atomic E-state index is 5.57. The molecule has 0 heterocycles. The van der Waals surface area contributed by atoms with E-state index in [0.29, 0.717) is 0 Å². The lowest BCUT2D eigenvalue weighted by atomic mass is 10.1. The second-order valence-electron chi connectivity index (χ2n) is 4.81. The van der Waals surface area contributed by atoms with Crippen LogP contribution in [-0.2, 0) is 6.54 Å². The third-order valence-corrected chi connectivity index (χ3v) is 3.94. The SMILES string of the molecule is CCCOc1ccc(NCc2ccc(Br)c(C)c2)cc1. The lowest BCUT2D eigenvalue weighted by Gasteiger charge is -2.09. The summed E-state index contributed by atoms with van der Waals surface area (Å²) >= 11 is 3.52. The molecule has 0 unspecified atom stereocenters. The van der Waals surface area contributed by atoms with Gasteiger partial charge in [-0.1, -0.05) is 35.0 Å². The van der Waals surface area contributed by atoms with Gasteiger partial charge in [0, 0.05) is 16.7 Å². The maximum Gasteiger partial charge on any atom is 0.119 e. The van der Waals surface area contributed by atoms with Gasteiger partial charge in [0.15, 0.2) is 0 Å². The average Bonchev–Trinajstić information content (AvgIpc) is 2.47. The fourth-order valence-electron chi connectivity index (χ4n) is 1.91. The van der Waals surface area contributed by atoms with Crippen LogP contribution in [0.25, 0.3) is 0 Å². The summed E-state index contributed by atoms with van der Waals surface area (Å²) in [6.07, 6.45) is 1.03. The van der Waals surface area contributed by atoms with Crippen molar-refractivity contribution in [1.29, 1.82) is 0 Å². The van der Waals surface area contributed by atoms with Crippen molar-refractivity contribution in [3.05, 3.63) is 58.1 Å². The number of rotatable bonds is 6.